The maximum Gasteiger partial charge on any atom is 0.269 e. The van der Waals surface area contributed by atoms with Crippen molar-refractivity contribution in [3.8, 4) is 6.07 Å². The van der Waals surface area contributed by atoms with Crippen LogP contribution in [0.15, 0.2) is 93.9 Å². The molecule has 0 spiro atoms. The lowest BCUT2D eigenvalue weighted by molar-refractivity contribution is -0.117. The first kappa shape index (κ1) is 22.8. The Balaban J connectivity index is 1.70. The van der Waals surface area contributed by atoms with Gasteiger partial charge in [-0.15, -0.1) is 0 Å². The Morgan fingerprint density at radius 2 is 1.73 bits per heavy atom. The number of rotatable bonds is 5. The molecule has 0 saturated carbocycles. The summed E-state index contributed by atoms with van der Waals surface area (Å²) in [6, 6.07) is 23.8. The van der Waals surface area contributed by atoms with Gasteiger partial charge in [0.1, 0.15) is 22.5 Å². The second-order valence-corrected chi connectivity index (χ2v) is 9.31. The first-order valence-electron chi connectivity index (χ1n) is 9.97. The molecule has 1 atom stereocenters. The third kappa shape index (κ3) is 5.16. The van der Waals surface area contributed by atoms with E-state index in [2.05, 4.69) is 21.2 Å². The number of carbonyl (C=O) groups excluding carboxylic acids is 2. The highest BCUT2D eigenvalue weighted by Crippen LogP contribution is 2.42. The lowest BCUT2D eigenvalue weighted by atomic mass is 10.1. The number of carbonyl (C=O) groups is 2. The highest BCUT2D eigenvalue weighted by atomic mass is 79.9. The van der Waals surface area contributed by atoms with E-state index in [1.807, 2.05) is 12.1 Å². The molecule has 1 aliphatic rings. The van der Waals surface area contributed by atoms with Crippen LogP contribution in [0, 0.1) is 17.1 Å². The highest BCUT2D eigenvalue weighted by Gasteiger charge is 2.40. The molecule has 1 aliphatic heterocycles. The van der Waals surface area contributed by atoms with Crippen molar-refractivity contribution in [2.45, 2.75) is 11.7 Å². The Bertz CT molecular complexity index is 1260. The number of thioether (sulfide) groups is 1. The molecule has 1 saturated heterocycles. The van der Waals surface area contributed by atoms with Gasteiger partial charge in [-0.05, 0) is 60.5 Å². The van der Waals surface area contributed by atoms with E-state index in [0.29, 0.717) is 17.8 Å². The van der Waals surface area contributed by atoms with Crippen LogP contribution in [0.1, 0.15) is 5.56 Å². The van der Waals surface area contributed by atoms with Gasteiger partial charge in [0, 0.05) is 15.8 Å². The second-order valence-electron chi connectivity index (χ2n) is 7.20. The summed E-state index contributed by atoms with van der Waals surface area (Å²) >= 11 is 4.51. The zero-order valence-corrected chi connectivity index (χ0v) is 19.6. The molecule has 5 nitrogen and oxygen atoms in total. The predicted molar refractivity (Wildman–Crippen MR) is 131 cm³/mol. The van der Waals surface area contributed by atoms with Gasteiger partial charge in [-0.2, -0.15) is 5.26 Å². The number of halogens is 2. The molecule has 3 aromatic carbocycles. The van der Waals surface area contributed by atoms with E-state index < -0.39 is 11.2 Å². The molecule has 0 bridgehead atoms. The fraction of sp³-hybridized carbons (Fsp3) is 0.0800. The average Bonchev–Trinajstić information content (AvgIpc) is 3.13. The smallest absolute Gasteiger partial charge is 0.269 e. The Kier molecular flexibility index (Phi) is 6.92. The molecule has 1 unspecified atom stereocenters. The number of hydrogen-bond acceptors (Lipinski definition) is 4. The van der Waals surface area contributed by atoms with Gasteiger partial charge in [0.15, 0.2) is 0 Å². The van der Waals surface area contributed by atoms with Crippen molar-refractivity contribution >= 4 is 50.9 Å². The summed E-state index contributed by atoms with van der Waals surface area (Å²) in [5, 5.41) is 12.3. The first-order valence-corrected chi connectivity index (χ1v) is 11.6. The standard InChI is InChI=1S/C25H17BrFN3O2S/c26-17-8-12-19(13-9-17)29-23(31)21(15-28)25-30(20-4-2-1-3-5-20)24(32)22(33-25)14-16-6-10-18(27)11-7-16/h1-13,22H,14H2,(H,29,31). The van der Waals surface area contributed by atoms with Crippen LogP contribution in [0.5, 0.6) is 0 Å². The quantitative estimate of drug-likeness (QED) is 0.347. The predicted octanol–water partition coefficient (Wildman–Crippen LogP) is 5.65. The van der Waals surface area contributed by atoms with Crippen molar-refractivity contribution in [2.24, 2.45) is 0 Å². The lowest BCUT2D eigenvalue weighted by Gasteiger charge is -2.18. The van der Waals surface area contributed by atoms with Crippen LogP contribution in [0.3, 0.4) is 0 Å². The monoisotopic (exact) mass is 521 g/mol. The van der Waals surface area contributed by atoms with Crippen LogP contribution in [0.2, 0.25) is 0 Å². The van der Waals surface area contributed by atoms with Gasteiger partial charge in [-0.3, -0.25) is 14.5 Å². The van der Waals surface area contributed by atoms with E-state index in [9.17, 15) is 19.2 Å². The maximum absolute atomic E-state index is 13.4. The molecular weight excluding hydrogens is 505 g/mol. The normalized spacial score (nSPS) is 16.9. The number of nitrogens with zero attached hydrogens (tertiary/aromatic N) is 2. The van der Waals surface area contributed by atoms with E-state index in [0.717, 1.165) is 10.0 Å². The van der Waals surface area contributed by atoms with Gasteiger partial charge in [-0.1, -0.05) is 58.0 Å². The number of benzene rings is 3. The Morgan fingerprint density at radius 1 is 1.06 bits per heavy atom. The van der Waals surface area contributed by atoms with Gasteiger partial charge in [0.25, 0.3) is 5.91 Å². The zero-order valence-electron chi connectivity index (χ0n) is 17.2. The molecule has 1 heterocycles. The van der Waals surface area contributed by atoms with Crippen molar-refractivity contribution in [1.82, 2.24) is 0 Å². The fourth-order valence-electron chi connectivity index (χ4n) is 3.36. The molecule has 1 N–H and O–H groups in total. The topological polar surface area (TPSA) is 73.2 Å². The molecule has 0 radical (unpaired) electrons. The molecule has 164 valence electrons. The Morgan fingerprint density at radius 3 is 2.36 bits per heavy atom. The van der Waals surface area contributed by atoms with Crippen LogP contribution in [0.4, 0.5) is 15.8 Å². The summed E-state index contributed by atoms with van der Waals surface area (Å²) in [6.07, 6.45) is 0.337. The molecule has 0 aromatic heterocycles. The van der Waals surface area contributed by atoms with E-state index >= 15 is 0 Å². The van der Waals surface area contributed by atoms with Gasteiger partial charge in [0.05, 0.1) is 5.25 Å². The lowest BCUT2D eigenvalue weighted by Crippen LogP contribution is -2.30. The molecule has 1 fully saturated rings. The van der Waals surface area contributed by atoms with Crippen molar-refractivity contribution in [2.75, 3.05) is 10.2 Å². The number of nitrogens with one attached hydrogen (secondary N) is 1. The Hall–Kier alpha value is -3.41. The molecule has 8 heteroatoms. The SMILES string of the molecule is N#CC(C(=O)Nc1ccc(Br)cc1)=C1SC(Cc2ccc(F)cc2)C(=O)N1c1ccccc1. The largest absolute Gasteiger partial charge is 0.321 e. The number of amides is 2. The number of anilines is 2. The van der Waals surface area contributed by atoms with Crippen LogP contribution in [-0.2, 0) is 16.0 Å². The number of hydrogen-bond donors (Lipinski definition) is 1. The van der Waals surface area contributed by atoms with E-state index in [1.165, 1.54) is 28.8 Å². The van der Waals surface area contributed by atoms with Crippen molar-refractivity contribution in [1.29, 1.82) is 5.26 Å². The molecule has 2 amide bonds. The molecular formula is C25H17BrFN3O2S. The van der Waals surface area contributed by atoms with Crippen molar-refractivity contribution < 1.29 is 14.0 Å². The minimum absolute atomic E-state index is 0.151. The van der Waals surface area contributed by atoms with Gasteiger partial charge >= 0.3 is 0 Å². The minimum Gasteiger partial charge on any atom is -0.321 e. The third-order valence-corrected chi connectivity index (χ3v) is 6.75. The number of para-hydroxylation sites is 1. The van der Waals surface area contributed by atoms with Crippen LogP contribution < -0.4 is 10.2 Å². The molecule has 3 aromatic rings. The summed E-state index contributed by atoms with van der Waals surface area (Å²) in [5.41, 5.74) is 1.73. The minimum atomic E-state index is -0.599. The highest BCUT2D eigenvalue weighted by molar-refractivity contribution is 9.10. The molecule has 33 heavy (non-hydrogen) atoms. The van der Waals surface area contributed by atoms with Crippen molar-refractivity contribution in [3.63, 3.8) is 0 Å². The summed E-state index contributed by atoms with van der Waals surface area (Å²) < 4.78 is 14.1. The van der Waals surface area contributed by atoms with Gasteiger partial charge < -0.3 is 5.32 Å². The van der Waals surface area contributed by atoms with Gasteiger partial charge in [0.2, 0.25) is 5.91 Å². The van der Waals surface area contributed by atoms with Crippen LogP contribution >= 0.6 is 27.7 Å². The molecule has 4 rings (SSSR count). The van der Waals surface area contributed by atoms with E-state index in [-0.39, 0.29) is 22.3 Å². The maximum atomic E-state index is 13.4. The van der Waals surface area contributed by atoms with Crippen LogP contribution in [-0.4, -0.2) is 17.1 Å². The van der Waals surface area contributed by atoms with E-state index in [4.69, 9.17) is 0 Å². The summed E-state index contributed by atoms with van der Waals surface area (Å²) in [7, 11) is 0. The van der Waals surface area contributed by atoms with E-state index in [1.54, 1.807) is 60.7 Å². The van der Waals surface area contributed by atoms with Gasteiger partial charge in [-0.25, -0.2) is 4.39 Å². The Labute approximate surface area is 203 Å². The third-order valence-electron chi connectivity index (χ3n) is 4.96. The number of nitriles is 1. The summed E-state index contributed by atoms with van der Waals surface area (Å²) in [5.74, 6) is -1.19. The average molecular weight is 522 g/mol. The van der Waals surface area contributed by atoms with Crippen molar-refractivity contribution in [3.05, 3.63) is 105 Å². The molecule has 0 aliphatic carbocycles. The zero-order chi connectivity index (χ0) is 23.4. The van der Waals surface area contributed by atoms with Crippen LogP contribution in [0.25, 0.3) is 0 Å². The first-order chi connectivity index (χ1) is 16.0. The summed E-state index contributed by atoms with van der Waals surface area (Å²) in [6.45, 7) is 0. The fourth-order valence-corrected chi connectivity index (χ4v) is 4.93. The summed E-state index contributed by atoms with van der Waals surface area (Å²) in [4.78, 5) is 27.8. The second kappa shape index (κ2) is 10.0.